The van der Waals surface area contributed by atoms with E-state index in [1.54, 1.807) is 6.92 Å². The minimum atomic E-state index is -0.405. The Morgan fingerprint density at radius 2 is 1.48 bits per heavy atom. The van der Waals surface area contributed by atoms with Gasteiger partial charge in [-0.05, 0) is 18.9 Å². The van der Waals surface area contributed by atoms with Crippen molar-refractivity contribution < 1.29 is 9.59 Å². The molecule has 0 aliphatic carbocycles. The highest BCUT2D eigenvalue weighted by atomic mass is 16.2. The molecule has 0 fully saturated rings. The smallest absolute Gasteiger partial charge is 0.271 e. The number of rotatable bonds is 11. The summed E-state index contributed by atoms with van der Waals surface area (Å²) in [7, 11) is 0. The number of hydrogen-bond acceptors (Lipinski definition) is 3. The largest absolute Gasteiger partial charge is 0.278 e. The van der Waals surface area contributed by atoms with Gasteiger partial charge in [-0.1, -0.05) is 64.7 Å². The van der Waals surface area contributed by atoms with Gasteiger partial charge in [-0.3, -0.25) is 14.5 Å². The van der Waals surface area contributed by atoms with Gasteiger partial charge in [0.1, 0.15) is 11.6 Å². The lowest BCUT2D eigenvalue weighted by Gasteiger charge is -2.25. The van der Waals surface area contributed by atoms with Gasteiger partial charge in [0, 0.05) is 13.0 Å². The topological polar surface area (TPSA) is 61.2 Å². The number of imide groups is 1. The van der Waals surface area contributed by atoms with E-state index in [0.717, 1.165) is 19.3 Å². The maximum Gasteiger partial charge on any atom is 0.271 e. The first-order valence-corrected chi connectivity index (χ1v) is 9.06. The number of hydrogen-bond donors (Lipinski definition) is 0. The molecule has 0 aromatic carbocycles. The average Bonchev–Trinajstić information content (AvgIpc) is 2.52. The fourth-order valence-electron chi connectivity index (χ4n) is 2.97. The number of carbonyl (C=O) groups is 2. The SMILES string of the molecule is CCCCCCCCCCCCN1C(=O)CC(C)=C(C#N)C1=O. The highest BCUT2D eigenvalue weighted by Gasteiger charge is 2.30. The standard InChI is InChI=1S/C19H30N2O2/c1-3-4-5-6-7-8-9-10-11-12-13-21-18(22)14-16(2)17(15-20)19(21)23/h3-14H2,1-2H3. The summed E-state index contributed by atoms with van der Waals surface area (Å²) in [6, 6.07) is 1.93. The van der Waals surface area contributed by atoms with Crippen LogP contribution >= 0.6 is 0 Å². The van der Waals surface area contributed by atoms with Crippen molar-refractivity contribution in [3.05, 3.63) is 11.1 Å². The summed E-state index contributed by atoms with van der Waals surface area (Å²) in [5, 5.41) is 9.02. The lowest BCUT2D eigenvalue weighted by molar-refractivity contribution is -0.143. The molecule has 1 rings (SSSR count). The Labute approximate surface area is 140 Å². The average molecular weight is 318 g/mol. The molecule has 4 nitrogen and oxygen atoms in total. The third kappa shape index (κ3) is 6.56. The monoisotopic (exact) mass is 318 g/mol. The van der Waals surface area contributed by atoms with E-state index >= 15 is 0 Å². The summed E-state index contributed by atoms with van der Waals surface area (Å²) in [5.74, 6) is -0.570. The van der Waals surface area contributed by atoms with E-state index in [-0.39, 0.29) is 17.9 Å². The molecule has 4 heteroatoms. The molecule has 0 unspecified atom stereocenters. The summed E-state index contributed by atoms with van der Waals surface area (Å²) >= 11 is 0. The van der Waals surface area contributed by atoms with Crippen LogP contribution in [0.25, 0.3) is 0 Å². The molecule has 0 N–H and O–H groups in total. The molecule has 23 heavy (non-hydrogen) atoms. The number of nitriles is 1. The second kappa shape index (κ2) is 11.0. The zero-order valence-corrected chi connectivity index (χ0v) is 14.7. The van der Waals surface area contributed by atoms with Crippen molar-refractivity contribution in [3.63, 3.8) is 0 Å². The van der Waals surface area contributed by atoms with Gasteiger partial charge in [0.2, 0.25) is 5.91 Å². The quantitative estimate of drug-likeness (QED) is 0.416. The Morgan fingerprint density at radius 1 is 0.957 bits per heavy atom. The van der Waals surface area contributed by atoms with Crippen molar-refractivity contribution in [2.45, 2.75) is 84.5 Å². The zero-order valence-electron chi connectivity index (χ0n) is 14.7. The van der Waals surface area contributed by atoms with Gasteiger partial charge in [0.05, 0.1) is 0 Å². The minimum Gasteiger partial charge on any atom is -0.278 e. The number of nitrogens with zero attached hydrogens (tertiary/aromatic N) is 2. The lowest BCUT2D eigenvalue weighted by Crippen LogP contribution is -2.41. The van der Waals surface area contributed by atoms with E-state index in [4.69, 9.17) is 5.26 Å². The molecule has 1 heterocycles. The van der Waals surface area contributed by atoms with Crippen molar-refractivity contribution in [2.75, 3.05) is 6.54 Å². The van der Waals surface area contributed by atoms with Gasteiger partial charge in [0.25, 0.3) is 5.91 Å². The van der Waals surface area contributed by atoms with Crippen LogP contribution in [0.3, 0.4) is 0 Å². The molecule has 0 aromatic rings. The maximum absolute atomic E-state index is 12.1. The summed E-state index contributed by atoms with van der Waals surface area (Å²) < 4.78 is 0. The van der Waals surface area contributed by atoms with Crippen LogP contribution in [-0.4, -0.2) is 23.3 Å². The molecule has 0 saturated carbocycles. The van der Waals surface area contributed by atoms with E-state index in [9.17, 15) is 9.59 Å². The molecule has 0 spiro atoms. The fourth-order valence-corrected chi connectivity index (χ4v) is 2.97. The Balaban J connectivity index is 2.15. The first kappa shape index (κ1) is 19.4. The third-order valence-electron chi connectivity index (χ3n) is 4.45. The van der Waals surface area contributed by atoms with Crippen molar-refractivity contribution >= 4 is 11.8 Å². The molecular formula is C19H30N2O2. The predicted molar refractivity (Wildman–Crippen MR) is 91.5 cm³/mol. The Kier molecular flexibility index (Phi) is 9.28. The lowest BCUT2D eigenvalue weighted by atomic mass is 10.0. The third-order valence-corrected chi connectivity index (χ3v) is 4.45. The highest BCUT2D eigenvalue weighted by Crippen LogP contribution is 2.20. The van der Waals surface area contributed by atoms with Crippen LogP contribution in [0.1, 0.15) is 84.5 Å². The van der Waals surface area contributed by atoms with Gasteiger partial charge in [0.15, 0.2) is 0 Å². The van der Waals surface area contributed by atoms with Crippen molar-refractivity contribution in [1.29, 1.82) is 5.26 Å². The van der Waals surface area contributed by atoms with E-state index < -0.39 is 5.91 Å². The van der Waals surface area contributed by atoms with E-state index in [2.05, 4.69) is 6.92 Å². The van der Waals surface area contributed by atoms with Gasteiger partial charge in [-0.25, -0.2) is 0 Å². The molecule has 2 amide bonds. The van der Waals surface area contributed by atoms with Crippen LogP contribution in [0.4, 0.5) is 0 Å². The highest BCUT2D eigenvalue weighted by molar-refractivity contribution is 6.10. The molecule has 1 aliphatic rings. The second-order valence-corrected chi connectivity index (χ2v) is 6.48. The van der Waals surface area contributed by atoms with Crippen LogP contribution in [-0.2, 0) is 9.59 Å². The van der Waals surface area contributed by atoms with Crippen LogP contribution in [0.5, 0.6) is 0 Å². The molecule has 0 radical (unpaired) electrons. The molecule has 0 saturated heterocycles. The second-order valence-electron chi connectivity index (χ2n) is 6.48. The van der Waals surface area contributed by atoms with Crippen molar-refractivity contribution in [3.8, 4) is 6.07 Å². The Bertz CT molecular complexity index is 474. The summed E-state index contributed by atoms with van der Waals surface area (Å²) in [6.07, 6.45) is 12.4. The first-order chi connectivity index (χ1) is 11.1. The van der Waals surface area contributed by atoms with Crippen molar-refractivity contribution in [1.82, 2.24) is 4.90 Å². The normalized spacial score (nSPS) is 15.3. The predicted octanol–water partition coefficient (Wildman–Crippen LogP) is 4.51. The fraction of sp³-hybridized carbons (Fsp3) is 0.737. The summed E-state index contributed by atoms with van der Waals surface area (Å²) in [6.45, 7) is 4.37. The molecular weight excluding hydrogens is 288 g/mol. The van der Waals surface area contributed by atoms with Gasteiger partial charge < -0.3 is 0 Å². The Hall–Kier alpha value is -1.63. The van der Waals surface area contributed by atoms with Gasteiger partial charge in [-0.2, -0.15) is 5.26 Å². The number of unbranched alkanes of at least 4 members (excludes halogenated alkanes) is 9. The molecule has 1 aliphatic heterocycles. The Morgan fingerprint density at radius 3 is 2.00 bits per heavy atom. The van der Waals surface area contributed by atoms with Crippen LogP contribution in [0, 0.1) is 11.3 Å². The van der Waals surface area contributed by atoms with Crippen molar-refractivity contribution in [2.24, 2.45) is 0 Å². The van der Waals surface area contributed by atoms with Crippen LogP contribution in [0.15, 0.2) is 11.1 Å². The summed E-state index contributed by atoms with van der Waals surface area (Å²) in [4.78, 5) is 25.3. The number of amides is 2. The first-order valence-electron chi connectivity index (χ1n) is 9.06. The molecule has 0 atom stereocenters. The van der Waals surface area contributed by atoms with E-state index in [0.29, 0.717) is 12.1 Å². The van der Waals surface area contributed by atoms with E-state index in [1.165, 1.54) is 49.8 Å². The summed E-state index contributed by atoms with van der Waals surface area (Å²) in [5.41, 5.74) is 0.749. The van der Waals surface area contributed by atoms with Crippen LogP contribution < -0.4 is 0 Å². The minimum absolute atomic E-state index is 0.150. The van der Waals surface area contributed by atoms with Crippen LogP contribution in [0.2, 0.25) is 0 Å². The maximum atomic E-state index is 12.1. The molecule has 0 bridgehead atoms. The molecule has 0 aromatic heterocycles. The molecule has 128 valence electrons. The number of carbonyl (C=O) groups excluding carboxylic acids is 2. The van der Waals surface area contributed by atoms with Gasteiger partial charge >= 0.3 is 0 Å². The van der Waals surface area contributed by atoms with Gasteiger partial charge in [-0.15, -0.1) is 0 Å². The van der Waals surface area contributed by atoms with E-state index in [1.807, 2.05) is 6.07 Å². The zero-order chi connectivity index (χ0) is 17.1.